The Morgan fingerprint density at radius 2 is 2.07 bits per heavy atom. The van der Waals surface area contributed by atoms with Gasteiger partial charge in [-0.05, 0) is 12.5 Å². The summed E-state index contributed by atoms with van der Waals surface area (Å²) in [5.41, 5.74) is 5.84. The van der Waals surface area contributed by atoms with Gasteiger partial charge in [0.25, 0.3) is 5.91 Å². The van der Waals surface area contributed by atoms with Crippen molar-refractivity contribution in [2.75, 3.05) is 7.11 Å². The lowest BCUT2D eigenvalue weighted by molar-refractivity contribution is -0.130. The highest BCUT2D eigenvalue weighted by Gasteiger charge is 2.49. The van der Waals surface area contributed by atoms with E-state index in [0.717, 1.165) is 5.56 Å². The molecule has 2 aliphatic heterocycles. The lowest BCUT2D eigenvalue weighted by Gasteiger charge is -2.34. The number of benzene rings is 1. The summed E-state index contributed by atoms with van der Waals surface area (Å²) >= 11 is 0. The van der Waals surface area contributed by atoms with Gasteiger partial charge >= 0.3 is 0 Å². The van der Waals surface area contributed by atoms with E-state index in [2.05, 4.69) is 26.8 Å². The molecule has 0 spiro atoms. The molecule has 5 rings (SSSR count). The lowest BCUT2D eigenvalue weighted by Crippen LogP contribution is -2.54. The Labute approximate surface area is 171 Å². The number of carbonyl (C=O) groups is 1. The molecule has 9 heteroatoms. The number of ether oxygens (including phenoxy) is 1. The van der Waals surface area contributed by atoms with Gasteiger partial charge in [-0.15, -0.1) is 0 Å². The highest BCUT2D eigenvalue weighted by Crippen LogP contribution is 2.37. The first-order valence-corrected chi connectivity index (χ1v) is 9.44. The molecule has 0 saturated carbocycles. The maximum absolute atomic E-state index is 13.4. The number of rotatable bonds is 3. The molecule has 1 aromatic carbocycles. The van der Waals surface area contributed by atoms with Crippen LogP contribution in [0.5, 0.6) is 5.88 Å². The fraction of sp³-hybridized carbons (Fsp3) is 0.238. The predicted octanol–water partition coefficient (Wildman–Crippen LogP) is 1.91. The standard InChI is InChI=1S/C21H18N6O3/c1-11-15(19-25-17-14(30-19)8-9-23-20(17)29-2)21(28)27-18(24-11)16(13(10-22)26-27)12-6-4-3-5-7-12/h3-9,13,16,18,24,26H,1-2H3. The number of amides is 1. The third-order valence-electron chi connectivity index (χ3n) is 5.43. The summed E-state index contributed by atoms with van der Waals surface area (Å²) in [4.78, 5) is 22.0. The van der Waals surface area contributed by atoms with E-state index in [1.165, 1.54) is 12.1 Å². The molecule has 30 heavy (non-hydrogen) atoms. The first-order chi connectivity index (χ1) is 14.6. The highest BCUT2D eigenvalue weighted by molar-refractivity contribution is 6.20. The number of nitrogens with one attached hydrogen (secondary N) is 2. The van der Waals surface area contributed by atoms with Crippen molar-refractivity contribution in [2.24, 2.45) is 0 Å². The normalized spacial score (nSPS) is 23.3. The summed E-state index contributed by atoms with van der Waals surface area (Å²) in [6, 6.07) is 13.1. The Bertz CT molecular complexity index is 1210. The van der Waals surface area contributed by atoms with Crippen LogP contribution in [0.4, 0.5) is 0 Å². The Kier molecular flexibility index (Phi) is 4.15. The number of hydrogen-bond acceptors (Lipinski definition) is 8. The fourth-order valence-electron chi connectivity index (χ4n) is 4.07. The van der Waals surface area contributed by atoms with Crippen molar-refractivity contribution in [2.45, 2.75) is 25.0 Å². The molecule has 2 aliphatic rings. The van der Waals surface area contributed by atoms with Gasteiger partial charge in [0.2, 0.25) is 11.8 Å². The van der Waals surface area contributed by atoms with Gasteiger partial charge in [0.1, 0.15) is 17.8 Å². The first-order valence-electron chi connectivity index (χ1n) is 9.44. The third kappa shape index (κ3) is 2.62. The highest BCUT2D eigenvalue weighted by atomic mass is 16.5. The van der Waals surface area contributed by atoms with Crippen LogP contribution in [0.3, 0.4) is 0 Å². The van der Waals surface area contributed by atoms with Crippen LogP contribution in [0, 0.1) is 11.3 Å². The van der Waals surface area contributed by atoms with Crippen LogP contribution in [0.15, 0.2) is 52.7 Å². The van der Waals surface area contributed by atoms with E-state index in [9.17, 15) is 10.1 Å². The van der Waals surface area contributed by atoms with Crippen molar-refractivity contribution in [1.82, 2.24) is 25.7 Å². The third-order valence-corrected chi connectivity index (χ3v) is 5.43. The summed E-state index contributed by atoms with van der Waals surface area (Å²) in [5.74, 6) is -0.0518. The average molecular weight is 402 g/mol. The molecule has 4 heterocycles. The topological polar surface area (TPSA) is 116 Å². The zero-order chi connectivity index (χ0) is 20.8. The molecule has 1 saturated heterocycles. The van der Waals surface area contributed by atoms with Crippen molar-refractivity contribution in [3.63, 3.8) is 0 Å². The molecule has 0 radical (unpaired) electrons. The number of oxazole rings is 1. The number of nitriles is 1. The minimum Gasteiger partial charge on any atom is -0.479 e. The molecular weight excluding hydrogens is 384 g/mol. The Morgan fingerprint density at radius 1 is 1.27 bits per heavy atom. The van der Waals surface area contributed by atoms with E-state index < -0.39 is 12.2 Å². The van der Waals surface area contributed by atoms with Crippen LogP contribution in [0.25, 0.3) is 16.7 Å². The lowest BCUT2D eigenvalue weighted by atomic mass is 9.90. The summed E-state index contributed by atoms with van der Waals surface area (Å²) in [7, 11) is 1.50. The van der Waals surface area contributed by atoms with Crippen molar-refractivity contribution in [3.05, 3.63) is 59.7 Å². The van der Waals surface area contributed by atoms with E-state index >= 15 is 0 Å². The fourth-order valence-corrected chi connectivity index (χ4v) is 4.07. The second-order valence-electron chi connectivity index (χ2n) is 7.12. The van der Waals surface area contributed by atoms with E-state index in [1.54, 1.807) is 19.2 Å². The number of pyridine rings is 1. The molecule has 1 amide bonds. The van der Waals surface area contributed by atoms with Crippen molar-refractivity contribution < 1.29 is 13.9 Å². The van der Waals surface area contributed by atoms with E-state index in [0.29, 0.717) is 28.2 Å². The van der Waals surface area contributed by atoms with Crippen molar-refractivity contribution in [1.29, 1.82) is 5.26 Å². The van der Waals surface area contributed by atoms with Crippen molar-refractivity contribution >= 4 is 22.6 Å². The monoisotopic (exact) mass is 402 g/mol. The first kappa shape index (κ1) is 18.1. The number of hydrazine groups is 1. The quantitative estimate of drug-likeness (QED) is 0.683. The molecule has 9 nitrogen and oxygen atoms in total. The maximum atomic E-state index is 13.4. The smallest absolute Gasteiger partial charge is 0.277 e. The second-order valence-corrected chi connectivity index (χ2v) is 7.12. The van der Waals surface area contributed by atoms with Gasteiger partial charge in [0.15, 0.2) is 11.1 Å². The SMILES string of the molecule is COc1nccc2oc(C3=C(C)NC4C(c5ccccc5)C(C#N)NN4C3=O)nc12. The molecule has 150 valence electrons. The Morgan fingerprint density at radius 3 is 2.80 bits per heavy atom. The van der Waals surface area contributed by atoms with Crippen LogP contribution >= 0.6 is 0 Å². The number of aromatic nitrogens is 2. The number of fused-ring (bicyclic) bond motifs is 2. The summed E-state index contributed by atoms with van der Waals surface area (Å²) in [6.45, 7) is 1.80. The average Bonchev–Trinajstić information content (AvgIpc) is 3.35. The van der Waals surface area contributed by atoms with E-state index in [4.69, 9.17) is 9.15 Å². The number of allylic oxidation sites excluding steroid dienone is 1. The summed E-state index contributed by atoms with van der Waals surface area (Å²) < 4.78 is 11.1. The Balaban J connectivity index is 1.57. The number of carbonyl (C=O) groups excluding carboxylic acids is 1. The zero-order valence-electron chi connectivity index (χ0n) is 16.3. The zero-order valence-corrected chi connectivity index (χ0v) is 16.3. The maximum Gasteiger partial charge on any atom is 0.277 e. The van der Waals surface area contributed by atoms with Gasteiger partial charge in [-0.25, -0.2) is 20.4 Å². The van der Waals surface area contributed by atoms with Gasteiger partial charge in [-0.1, -0.05) is 30.3 Å². The van der Waals surface area contributed by atoms with Gasteiger partial charge in [-0.3, -0.25) is 4.79 Å². The number of nitrogens with zero attached hydrogens (tertiary/aromatic N) is 4. The molecule has 2 aromatic heterocycles. The molecule has 0 bridgehead atoms. The molecule has 1 fully saturated rings. The molecular formula is C21H18N6O3. The molecule has 0 aliphatic carbocycles. The van der Waals surface area contributed by atoms with E-state index in [-0.39, 0.29) is 17.7 Å². The van der Waals surface area contributed by atoms with Gasteiger partial charge in [0, 0.05) is 18.0 Å². The van der Waals surface area contributed by atoms with Crippen LogP contribution in [-0.2, 0) is 4.79 Å². The van der Waals surface area contributed by atoms with Crippen LogP contribution in [0.2, 0.25) is 0 Å². The summed E-state index contributed by atoms with van der Waals surface area (Å²) in [5, 5.41) is 14.5. The van der Waals surface area contributed by atoms with E-state index in [1.807, 2.05) is 30.3 Å². The van der Waals surface area contributed by atoms with Crippen LogP contribution in [-0.4, -0.2) is 40.2 Å². The predicted molar refractivity (Wildman–Crippen MR) is 106 cm³/mol. The molecule has 3 unspecified atom stereocenters. The van der Waals surface area contributed by atoms with Gasteiger partial charge in [-0.2, -0.15) is 5.26 Å². The molecule has 2 N–H and O–H groups in total. The minimum absolute atomic E-state index is 0.170. The number of methoxy groups -OCH3 is 1. The Hall–Kier alpha value is -3.90. The van der Waals surface area contributed by atoms with Crippen LogP contribution < -0.4 is 15.5 Å². The van der Waals surface area contributed by atoms with Crippen molar-refractivity contribution in [3.8, 4) is 11.9 Å². The number of hydrogen-bond donors (Lipinski definition) is 2. The molecule has 3 atom stereocenters. The minimum atomic E-state index is -0.561. The van der Waals surface area contributed by atoms with Gasteiger partial charge in [0.05, 0.1) is 19.1 Å². The second kappa shape index (κ2) is 6.86. The van der Waals surface area contributed by atoms with Crippen LogP contribution in [0.1, 0.15) is 24.3 Å². The van der Waals surface area contributed by atoms with Gasteiger partial charge < -0.3 is 14.5 Å². The summed E-state index contributed by atoms with van der Waals surface area (Å²) in [6.07, 6.45) is 1.15. The largest absolute Gasteiger partial charge is 0.479 e. The molecule has 3 aromatic rings.